The normalized spacial score (nSPS) is 18.1. The number of fused-ring (bicyclic) bond motifs is 1. The molecule has 1 nitrogen and oxygen atoms in total. The Balaban J connectivity index is 2.15. The third kappa shape index (κ3) is 2.56. The molecule has 3 rings (SSSR count). The predicted molar refractivity (Wildman–Crippen MR) is 85.1 cm³/mol. The van der Waals surface area contributed by atoms with E-state index < -0.39 is 0 Å². The molecule has 1 unspecified atom stereocenters. The molecule has 2 aromatic carbocycles. The van der Waals surface area contributed by atoms with E-state index >= 15 is 0 Å². The maximum atomic E-state index is 14.1. The molecular formula is C16H13ClFNS. The van der Waals surface area contributed by atoms with Crippen molar-refractivity contribution in [1.29, 1.82) is 0 Å². The van der Waals surface area contributed by atoms with Crippen LogP contribution in [0, 0.1) is 5.82 Å². The first-order valence-electron chi connectivity index (χ1n) is 6.49. The van der Waals surface area contributed by atoms with Gasteiger partial charge in [0.1, 0.15) is 5.82 Å². The predicted octanol–water partition coefficient (Wildman–Crippen LogP) is 5.14. The number of thiocarbonyl (C=S) groups is 1. The molecule has 1 N–H and O–H groups in total. The summed E-state index contributed by atoms with van der Waals surface area (Å²) in [5.74, 6) is -0.214. The quantitative estimate of drug-likeness (QED) is 0.732. The maximum Gasteiger partial charge on any atom is 0.127 e. The number of hydrogen-bond donors (Lipinski definition) is 1. The minimum Gasteiger partial charge on any atom is -0.350 e. The molecule has 0 saturated carbocycles. The highest BCUT2D eigenvalue weighted by atomic mass is 35.5. The number of hydrogen-bond acceptors (Lipinski definition) is 1. The Morgan fingerprint density at radius 3 is 2.75 bits per heavy atom. The molecule has 1 atom stereocenters. The number of anilines is 1. The first-order chi connectivity index (χ1) is 9.65. The first-order valence-corrected chi connectivity index (χ1v) is 7.27. The Morgan fingerprint density at radius 1 is 1.15 bits per heavy atom. The Morgan fingerprint density at radius 2 is 1.95 bits per heavy atom. The van der Waals surface area contributed by atoms with Crippen LogP contribution in [-0.4, -0.2) is 4.99 Å². The van der Waals surface area contributed by atoms with Gasteiger partial charge in [0.15, 0.2) is 0 Å². The van der Waals surface area contributed by atoms with Crippen LogP contribution in [0.4, 0.5) is 10.1 Å². The fourth-order valence-electron chi connectivity index (χ4n) is 2.66. The highest BCUT2D eigenvalue weighted by Crippen LogP contribution is 2.38. The topological polar surface area (TPSA) is 12.0 Å². The van der Waals surface area contributed by atoms with E-state index in [4.69, 9.17) is 23.8 Å². The van der Waals surface area contributed by atoms with Crippen molar-refractivity contribution in [2.24, 2.45) is 0 Å². The van der Waals surface area contributed by atoms with Crippen LogP contribution in [0.15, 0.2) is 42.5 Å². The number of rotatable bonds is 1. The fraction of sp³-hybridized carbons (Fsp3) is 0.188. The SMILES string of the molecule is Fc1ccccc1C1CCC(=S)Nc2ccc(Cl)cc21. The van der Waals surface area contributed by atoms with Gasteiger partial charge in [-0.3, -0.25) is 0 Å². The van der Waals surface area contributed by atoms with Gasteiger partial charge in [-0.1, -0.05) is 42.0 Å². The summed E-state index contributed by atoms with van der Waals surface area (Å²) in [6.45, 7) is 0. The van der Waals surface area contributed by atoms with E-state index in [1.165, 1.54) is 6.07 Å². The molecule has 0 amide bonds. The third-order valence-corrected chi connectivity index (χ3v) is 4.15. The van der Waals surface area contributed by atoms with Crippen molar-refractivity contribution in [3.05, 3.63) is 64.4 Å². The summed E-state index contributed by atoms with van der Waals surface area (Å²) in [6.07, 6.45) is 1.51. The molecule has 0 spiro atoms. The van der Waals surface area contributed by atoms with Gasteiger partial charge < -0.3 is 5.32 Å². The number of nitrogens with one attached hydrogen (secondary N) is 1. The molecule has 1 aliphatic heterocycles. The monoisotopic (exact) mass is 305 g/mol. The van der Waals surface area contributed by atoms with E-state index in [0.717, 1.165) is 29.1 Å². The van der Waals surface area contributed by atoms with E-state index in [-0.39, 0.29) is 11.7 Å². The van der Waals surface area contributed by atoms with Gasteiger partial charge in [0.2, 0.25) is 0 Å². The van der Waals surface area contributed by atoms with E-state index in [0.29, 0.717) is 10.6 Å². The molecule has 0 bridgehead atoms. The number of benzene rings is 2. The van der Waals surface area contributed by atoms with Gasteiger partial charge in [-0.15, -0.1) is 0 Å². The summed E-state index contributed by atoms with van der Waals surface area (Å²) in [5.41, 5.74) is 2.62. The molecule has 0 fully saturated rings. The van der Waals surface area contributed by atoms with Crippen molar-refractivity contribution >= 4 is 34.5 Å². The first kappa shape index (κ1) is 13.5. The smallest absolute Gasteiger partial charge is 0.127 e. The zero-order valence-corrected chi connectivity index (χ0v) is 12.3. The van der Waals surface area contributed by atoms with Crippen molar-refractivity contribution in [3.8, 4) is 0 Å². The van der Waals surface area contributed by atoms with Crippen LogP contribution < -0.4 is 5.32 Å². The van der Waals surface area contributed by atoms with Gasteiger partial charge in [-0.2, -0.15) is 0 Å². The Bertz CT molecular complexity index is 671. The standard InChI is InChI=1S/C16H13ClFNS/c17-10-5-7-15-13(9-10)11(6-8-16(20)19-15)12-3-1-2-4-14(12)18/h1-5,7,9,11H,6,8H2,(H,19,20). The third-order valence-electron chi connectivity index (χ3n) is 3.60. The Hall–Kier alpha value is -1.45. The minimum atomic E-state index is -0.184. The van der Waals surface area contributed by atoms with Gasteiger partial charge in [0, 0.05) is 16.6 Å². The Kier molecular flexibility index (Phi) is 3.72. The zero-order valence-electron chi connectivity index (χ0n) is 10.7. The van der Waals surface area contributed by atoms with Gasteiger partial charge in [0.25, 0.3) is 0 Å². The van der Waals surface area contributed by atoms with Crippen molar-refractivity contribution in [2.45, 2.75) is 18.8 Å². The second kappa shape index (κ2) is 5.51. The molecule has 20 heavy (non-hydrogen) atoms. The van der Waals surface area contributed by atoms with E-state index in [1.807, 2.05) is 30.3 Å². The molecule has 0 saturated heterocycles. The highest BCUT2D eigenvalue weighted by molar-refractivity contribution is 7.80. The molecule has 0 aromatic heterocycles. The van der Waals surface area contributed by atoms with Crippen LogP contribution >= 0.6 is 23.8 Å². The maximum absolute atomic E-state index is 14.1. The molecule has 2 aromatic rings. The average molecular weight is 306 g/mol. The molecule has 0 radical (unpaired) electrons. The van der Waals surface area contributed by atoms with Crippen LogP contribution in [0.1, 0.15) is 29.9 Å². The van der Waals surface area contributed by atoms with Gasteiger partial charge in [-0.05, 0) is 48.2 Å². The lowest BCUT2D eigenvalue weighted by Crippen LogP contribution is -2.06. The van der Waals surface area contributed by atoms with Gasteiger partial charge >= 0.3 is 0 Å². The lowest BCUT2D eigenvalue weighted by molar-refractivity contribution is 0.590. The van der Waals surface area contributed by atoms with Crippen LogP contribution in [0.5, 0.6) is 0 Å². The molecule has 1 heterocycles. The summed E-state index contributed by atoms with van der Waals surface area (Å²) in [7, 11) is 0. The Labute approximate surface area is 127 Å². The molecule has 0 aliphatic carbocycles. The van der Waals surface area contributed by atoms with E-state index in [1.54, 1.807) is 6.07 Å². The second-order valence-corrected chi connectivity index (χ2v) is 5.82. The van der Waals surface area contributed by atoms with E-state index in [2.05, 4.69) is 5.32 Å². The zero-order chi connectivity index (χ0) is 14.1. The van der Waals surface area contributed by atoms with Crippen LogP contribution in [0.25, 0.3) is 0 Å². The minimum absolute atomic E-state index is 0.0298. The molecule has 102 valence electrons. The summed E-state index contributed by atoms with van der Waals surface area (Å²) in [5, 5.41) is 3.87. The summed E-state index contributed by atoms with van der Waals surface area (Å²) < 4.78 is 14.1. The molecule has 1 aliphatic rings. The average Bonchev–Trinajstić information content (AvgIpc) is 2.58. The van der Waals surface area contributed by atoms with Crippen molar-refractivity contribution in [3.63, 3.8) is 0 Å². The van der Waals surface area contributed by atoms with Crippen LogP contribution in [-0.2, 0) is 0 Å². The molecule has 4 heteroatoms. The van der Waals surface area contributed by atoms with Crippen molar-refractivity contribution < 1.29 is 4.39 Å². The summed E-state index contributed by atoms with van der Waals surface area (Å²) >= 11 is 11.4. The fourth-order valence-corrected chi connectivity index (χ4v) is 3.07. The van der Waals surface area contributed by atoms with Crippen molar-refractivity contribution in [2.75, 3.05) is 5.32 Å². The van der Waals surface area contributed by atoms with E-state index in [9.17, 15) is 4.39 Å². The molecular weight excluding hydrogens is 293 g/mol. The largest absolute Gasteiger partial charge is 0.350 e. The van der Waals surface area contributed by atoms with Gasteiger partial charge in [-0.25, -0.2) is 4.39 Å². The van der Waals surface area contributed by atoms with Gasteiger partial charge in [0.05, 0.1) is 4.99 Å². The van der Waals surface area contributed by atoms with Crippen molar-refractivity contribution in [1.82, 2.24) is 0 Å². The van der Waals surface area contributed by atoms with Crippen LogP contribution in [0.3, 0.4) is 0 Å². The second-order valence-electron chi connectivity index (χ2n) is 4.89. The van der Waals surface area contributed by atoms with Crippen LogP contribution in [0.2, 0.25) is 5.02 Å². The number of halogens is 2. The lowest BCUT2D eigenvalue weighted by Gasteiger charge is -2.18. The lowest BCUT2D eigenvalue weighted by atomic mass is 9.87. The summed E-state index contributed by atoms with van der Waals surface area (Å²) in [4.78, 5) is 0.785. The highest BCUT2D eigenvalue weighted by Gasteiger charge is 2.24. The summed E-state index contributed by atoms with van der Waals surface area (Å²) in [6, 6.07) is 12.5.